The van der Waals surface area contributed by atoms with Crippen LogP contribution in [0, 0.1) is 0 Å². The summed E-state index contributed by atoms with van der Waals surface area (Å²) in [6.07, 6.45) is 0. The van der Waals surface area contributed by atoms with E-state index in [4.69, 9.17) is 23.2 Å². The highest BCUT2D eigenvalue weighted by Crippen LogP contribution is 2.29. The van der Waals surface area contributed by atoms with E-state index in [-0.39, 0.29) is 23.3 Å². The molecule has 2 heterocycles. The lowest BCUT2D eigenvalue weighted by Gasteiger charge is -2.02. The van der Waals surface area contributed by atoms with Crippen LogP contribution in [-0.2, 0) is 9.59 Å². The van der Waals surface area contributed by atoms with Crippen molar-refractivity contribution in [3.63, 3.8) is 0 Å². The number of nitrogens with zero attached hydrogens (tertiary/aromatic N) is 2. The summed E-state index contributed by atoms with van der Waals surface area (Å²) in [5, 5.41) is 11.6. The zero-order valence-corrected chi connectivity index (χ0v) is 22.1. The van der Waals surface area contributed by atoms with Crippen LogP contribution < -0.4 is 10.6 Å². The molecule has 0 saturated heterocycles. The lowest BCUT2D eigenvalue weighted by molar-refractivity contribution is -0.114. The van der Waals surface area contributed by atoms with E-state index < -0.39 is 0 Å². The third kappa shape index (κ3) is 7.46. The van der Waals surface area contributed by atoms with Crippen molar-refractivity contribution in [2.45, 2.75) is 9.79 Å². The number of rotatable bonds is 9. The van der Waals surface area contributed by atoms with Crippen LogP contribution in [0.2, 0.25) is 10.0 Å². The molecule has 2 N–H and O–H groups in total. The first-order chi connectivity index (χ1) is 16.4. The molecule has 0 aliphatic carbocycles. The van der Waals surface area contributed by atoms with Gasteiger partial charge in [0.05, 0.1) is 11.5 Å². The van der Waals surface area contributed by atoms with E-state index in [1.54, 1.807) is 24.3 Å². The molecule has 2 amide bonds. The van der Waals surface area contributed by atoms with Crippen LogP contribution >= 0.6 is 69.4 Å². The topological polar surface area (TPSA) is 84.0 Å². The first-order valence-corrected chi connectivity index (χ1v) is 14.2. The van der Waals surface area contributed by atoms with Gasteiger partial charge in [0.15, 0.2) is 10.3 Å². The normalized spacial score (nSPS) is 10.8. The number of benzene rings is 2. The first kappa shape index (κ1) is 25.0. The summed E-state index contributed by atoms with van der Waals surface area (Å²) in [4.78, 5) is 35.3. The summed E-state index contributed by atoms with van der Waals surface area (Å²) in [5.41, 5.74) is 1.27. The van der Waals surface area contributed by atoms with Crippen molar-refractivity contribution in [2.75, 3.05) is 22.1 Å². The number of amides is 2. The smallest absolute Gasteiger partial charge is 0.236 e. The maximum atomic E-state index is 12.2. The number of carbonyl (C=O) groups is 2. The number of hydrogen-bond donors (Lipinski definition) is 2. The molecule has 2 aromatic heterocycles. The van der Waals surface area contributed by atoms with Crippen LogP contribution in [0.5, 0.6) is 0 Å². The third-order valence-electron chi connectivity index (χ3n) is 4.13. The Labute approximate surface area is 222 Å². The van der Waals surface area contributed by atoms with Crippen LogP contribution in [-0.4, -0.2) is 33.3 Å². The molecule has 0 bridgehead atoms. The summed E-state index contributed by atoms with van der Waals surface area (Å²) in [6, 6.07) is 14.6. The Bertz CT molecular complexity index is 1180. The SMILES string of the molecule is O=C(CSc1ccc(Cl)cc1)Nc1nc(-c2csc(NC(=O)CSc3ccc(Cl)cc3)n2)cs1. The van der Waals surface area contributed by atoms with Gasteiger partial charge in [-0.25, -0.2) is 9.97 Å². The average molecular weight is 568 g/mol. The zero-order chi connectivity index (χ0) is 23.9. The quantitative estimate of drug-likeness (QED) is 0.211. The summed E-state index contributed by atoms with van der Waals surface area (Å²) < 4.78 is 0. The lowest BCUT2D eigenvalue weighted by Crippen LogP contribution is -2.14. The molecule has 0 spiro atoms. The number of thioether (sulfide) groups is 2. The maximum Gasteiger partial charge on any atom is 0.236 e. The highest BCUT2D eigenvalue weighted by atomic mass is 35.5. The average Bonchev–Trinajstić information content (AvgIpc) is 3.48. The molecule has 0 aliphatic rings. The number of carbonyl (C=O) groups excluding carboxylic acids is 2. The van der Waals surface area contributed by atoms with Gasteiger partial charge >= 0.3 is 0 Å². The predicted molar refractivity (Wildman–Crippen MR) is 145 cm³/mol. The largest absolute Gasteiger partial charge is 0.301 e. The molecule has 4 rings (SSSR count). The summed E-state index contributed by atoms with van der Waals surface area (Å²) in [7, 11) is 0. The number of thiazole rings is 2. The van der Waals surface area contributed by atoms with E-state index in [9.17, 15) is 9.59 Å². The molecule has 34 heavy (non-hydrogen) atoms. The van der Waals surface area contributed by atoms with Crippen LogP contribution in [0.25, 0.3) is 11.4 Å². The minimum Gasteiger partial charge on any atom is -0.301 e. The van der Waals surface area contributed by atoms with E-state index in [1.165, 1.54) is 46.2 Å². The van der Waals surface area contributed by atoms with Gasteiger partial charge in [-0.2, -0.15) is 0 Å². The van der Waals surface area contributed by atoms with Crippen LogP contribution in [0.15, 0.2) is 69.1 Å². The second kappa shape index (κ2) is 12.1. The van der Waals surface area contributed by atoms with Gasteiger partial charge in [0.2, 0.25) is 11.8 Å². The Kier molecular flexibility index (Phi) is 8.87. The van der Waals surface area contributed by atoms with Gasteiger partial charge < -0.3 is 10.6 Å². The van der Waals surface area contributed by atoms with E-state index in [0.717, 1.165) is 9.79 Å². The fourth-order valence-corrected chi connectivity index (χ4v) is 5.66. The van der Waals surface area contributed by atoms with E-state index in [0.29, 0.717) is 31.7 Å². The third-order valence-corrected chi connectivity index (χ3v) is 8.17. The fraction of sp³-hybridized carbons (Fsp3) is 0.0909. The molecule has 6 nitrogen and oxygen atoms in total. The van der Waals surface area contributed by atoms with E-state index in [2.05, 4.69) is 20.6 Å². The molecule has 0 fully saturated rings. The van der Waals surface area contributed by atoms with Gasteiger partial charge in [0, 0.05) is 30.6 Å². The van der Waals surface area contributed by atoms with Gasteiger partial charge in [-0.05, 0) is 48.5 Å². The van der Waals surface area contributed by atoms with Crippen LogP contribution in [0.3, 0.4) is 0 Å². The van der Waals surface area contributed by atoms with Crippen molar-refractivity contribution < 1.29 is 9.59 Å². The van der Waals surface area contributed by atoms with Crippen molar-refractivity contribution in [1.82, 2.24) is 9.97 Å². The van der Waals surface area contributed by atoms with Gasteiger partial charge in [-0.15, -0.1) is 46.2 Å². The number of anilines is 2. The Hall–Kier alpha value is -2.08. The molecule has 4 aromatic rings. The zero-order valence-electron chi connectivity index (χ0n) is 17.3. The Morgan fingerprint density at radius 1 is 0.706 bits per heavy atom. The van der Waals surface area contributed by atoms with Crippen LogP contribution in [0.4, 0.5) is 10.3 Å². The monoisotopic (exact) mass is 566 g/mol. The first-order valence-electron chi connectivity index (χ1n) is 9.72. The Balaban J connectivity index is 1.26. The number of halogens is 2. The van der Waals surface area contributed by atoms with Crippen molar-refractivity contribution in [1.29, 1.82) is 0 Å². The second-order valence-corrected chi connectivity index (χ2v) is 11.3. The molecule has 0 unspecified atom stereocenters. The molecule has 0 radical (unpaired) electrons. The van der Waals surface area contributed by atoms with Crippen molar-refractivity contribution in [2.24, 2.45) is 0 Å². The van der Waals surface area contributed by atoms with Gasteiger partial charge in [-0.1, -0.05) is 23.2 Å². The summed E-state index contributed by atoms with van der Waals surface area (Å²) >= 11 is 17.2. The number of nitrogens with one attached hydrogen (secondary N) is 2. The minimum atomic E-state index is -0.148. The minimum absolute atomic E-state index is 0.148. The Morgan fingerprint density at radius 2 is 1.09 bits per heavy atom. The maximum absolute atomic E-state index is 12.2. The lowest BCUT2D eigenvalue weighted by atomic mass is 10.4. The molecule has 12 heteroatoms. The van der Waals surface area contributed by atoms with Crippen molar-refractivity contribution in [3.05, 3.63) is 69.3 Å². The number of aromatic nitrogens is 2. The van der Waals surface area contributed by atoms with E-state index in [1.807, 2.05) is 35.0 Å². The highest BCUT2D eigenvalue weighted by Gasteiger charge is 2.13. The van der Waals surface area contributed by atoms with Crippen molar-refractivity contribution >= 4 is 91.5 Å². The molecule has 0 atom stereocenters. The summed E-state index contributed by atoms with van der Waals surface area (Å²) in [5.74, 6) is 0.227. The van der Waals surface area contributed by atoms with E-state index >= 15 is 0 Å². The van der Waals surface area contributed by atoms with Gasteiger partial charge in [0.1, 0.15) is 11.4 Å². The molecular weight excluding hydrogens is 551 g/mol. The summed E-state index contributed by atoms with van der Waals surface area (Å²) in [6.45, 7) is 0. The van der Waals surface area contributed by atoms with Crippen LogP contribution in [0.1, 0.15) is 0 Å². The van der Waals surface area contributed by atoms with Gasteiger partial charge in [-0.3, -0.25) is 9.59 Å². The highest BCUT2D eigenvalue weighted by molar-refractivity contribution is 8.00. The molecule has 0 aliphatic heterocycles. The number of hydrogen-bond acceptors (Lipinski definition) is 8. The molecular formula is C22H16Cl2N4O2S4. The fourth-order valence-electron chi connectivity index (χ4n) is 2.57. The van der Waals surface area contributed by atoms with Crippen molar-refractivity contribution in [3.8, 4) is 11.4 Å². The predicted octanol–water partition coefficient (Wildman–Crippen LogP) is 7.04. The second-order valence-electron chi connectivity index (χ2n) is 6.66. The molecule has 174 valence electrons. The van der Waals surface area contributed by atoms with Gasteiger partial charge in [0.25, 0.3) is 0 Å². The Morgan fingerprint density at radius 3 is 1.47 bits per heavy atom. The molecule has 2 aromatic carbocycles. The standard InChI is InChI=1S/C22H16Cl2N4O2S4/c23-13-1-5-15(6-2-13)31-11-19(29)27-21-25-17(9-33-21)18-10-34-22(26-18)28-20(30)12-32-16-7-3-14(24)4-8-16/h1-10H,11-12H2,(H,25,27,29)(H,26,28,30). The molecule has 0 saturated carbocycles.